The summed E-state index contributed by atoms with van der Waals surface area (Å²) in [4.78, 5) is 21.8. The number of ether oxygens (including phenoxy) is 1. The van der Waals surface area contributed by atoms with Gasteiger partial charge in [0.15, 0.2) is 0 Å². The van der Waals surface area contributed by atoms with Gasteiger partial charge in [-0.1, -0.05) is 87.4 Å². The van der Waals surface area contributed by atoms with Crippen molar-refractivity contribution in [2.45, 2.75) is 88.6 Å². The number of carbonyl (C=O) groups is 2. The van der Waals surface area contributed by atoms with Crippen molar-refractivity contribution in [3.63, 3.8) is 0 Å². The van der Waals surface area contributed by atoms with Gasteiger partial charge in [0.05, 0.1) is 12.7 Å². The van der Waals surface area contributed by atoms with E-state index in [9.17, 15) is 19.8 Å². The van der Waals surface area contributed by atoms with Gasteiger partial charge in [0.1, 0.15) is 0 Å². The van der Waals surface area contributed by atoms with Crippen molar-refractivity contribution in [3.05, 3.63) is 71.8 Å². The van der Waals surface area contributed by atoms with Gasteiger partial charge >= 0.3 is 5.97 Å². The van der Waals surface area contributed by atoms with Crippen LogP contribution in [0.15, 0.2) is 60.7 Å². The molecule has 3 unspecified atom stereocenters. The van der Waals surface area contributed by atoms with Crippen LogP contribution >= 0.6 is 0 Å². The third-order valence-electron chi connectivity index (χ3n) is 7.20. The minimum Gasteiger partial charge on any atom is -0.481 e. The monoisotopic (exact) mass is 468 g/mol. The van der Waals surface area contributed by atoms with E-state index in [1.807, 2.05) is 36.4 Å². The predicted molar refractivity (Wildman–Crippen MR) is 135 cm³/mol. The van der Waals surface area contributed by atoms with Crippen LogP contribution < -0.4 is 0 Å². The fraction of sp³-hybridized carbons (Fsp3) is 0.517. The minimum absolute atomic E-state index is 0.118. The number of rotatable bonds is 17. The van der Waals surface area contributed by atoms with Crippen molar-refractivity contribution in [2.24, 2.45) is 0 Å². The Bertz CT molecular complexity index is 853. The number of carbonyl (C=O) groups excluding carboxylic acids is 1. The summed E-state index contributed by atoms with van der Waals surface area (Å²) in [5.74, 6) is -0.776. The Kier molecular flexibility index (Phi) is 11.3. The Labute approximate surface area is 204 Å². The van der Waals surface area contributed by atoms with Crippen LogP contribution in [-0.2, 0) is 25.2 Å². The highest BCUT2D eigenvalue weighted by Gasteiger charge is 2.28. The van der Waals surface area contributed by atoms with Crippen molar-refractivity contribution in [1.82, 2.24) is 0 Å². The van der Waals surface area contributed by atoms with Gasteiger partial charge in [-0.25, -0.2) is 0 Å². The zero-order valence-electron chi connectivity index (χ0n) is 20.6. The van der Waals surface area contributed by atoms with Crippen LogP contribution in [0.25, 0.3) is 0 Å². The molecule has 2 aromatic rings. The molecule has 5 heteroatoms. The first kappa shape index (κ1) is 27.6. The maximum absolute atomic E-state index is 11.2. The summed E-state index contributed by atoms with van der Waals surface area (Å²) in [6.45, 7) is 5.20. The molecule has 3 atom stereocenters. The lowest BCUT2D eigenvalue weighted by Gasteiger charge is -2.31. The average Bonchev–Trinajstić information content (AvgIpc) is 2.84. The van der Waals surface area contributed by atoms with Crippen molar-refractivity contribution in [2.75, 3.05) is 6.61 Å². The van der Waals surface area contributed by atoms with Crippen LogP contribution in [-0.4, -0.2) is 35.4 Å². The molecule has 0 spiro atoms. The molecule has 0 heterocycles. The second-order valence-corrected chi connectivity index (χ2v) is 9.90. The van der Waals surface area contributed by atoms with E-state index in [0.717, 1.165) is 37.7 Å². The summed E-state index contributed by atoms with van der Waals surface area (Å²) in [6.07, 6.45) is 5.96. The molecule has 0 saturated carbocycles. The first-order valence-corrected chi connectivity index (χ1v) is 12.4. The van der Waals surface area contributed by atoms with E-state index in [-0.39, 0.29) is 23.4 Å². The van der Waals surface area contributed by atoms with Gasteiger partial charge in [0.25, 0.3) is 6.47 Å². The summed E-state index contributed by atoms with van der Waals surface area (Å²) in [7, 11) is 0. The fourth-order valence-electron chi connectivity index (χ4n) is 4.82. The second-order valence-electron chi connectivity index (χ2n) is 9.90. The lowest BCUT2D eigenvalue weighted by molar-refractivity contribution is -0.137. The molecule has 0 aliphatic carbocycles. The molecule has 0 aromatic heterocycles. The van der Waals surface area contributed by atoms with E-state index in [4.69, 9.17) is 4.74 Å². The minimum atomic E-state index is -0.776. The van der Waals surface area contributed by atoms with Gasteiger partial charge in [-0.3, -0.25) is 9.59 Å². The number of benzene rings is 2. The number of hydrogen-bond acceptors (Lipinski definition) is 4. The zero-order chi connectivity index (χ0) is 24.9. The predicted octanol–water partition coefficient (Wildman–Crippen LogP) is 6.03. The summed E-state index contributed by atoms with van der Waals surface area (Å²) in [5, 5.41) is 19.8. The quantitative estimate of drug-likeness (QED) is 0.219. The number of hydrogen-bond donors (Lipinski definition) is 2. The Morgan fingerprint density at radius 2 is 1.32 bits per heavy atom. The molecule has 0 aliphatic rings. The van der Waals surface area contributed by atoms with Crippen molar-refractivity contribution < 1.29 is 24.5 Å². The number of carboxylic acids is 1. The molecule has 0 aliphatic heterocycles. The normalized spacial score (nSPS) is 15.6. The van der Waals surface area contributed by atoms with E-state index >= 15 is 0 Å². The third-order valence-corrected chi connectivity index (χ3v) is 7.20. The van der Waals surface area contributed by atoms with E-state index < -0.39 is 5.97 Å². The Hall–Kier alpha value is -2.66. The molecule has 0 amide bonds. The van der Waals surface area contributed by atoms with Crippen molar-refractivity contribution in [1.29, 1.82) is 0 Å². The third kappa shape index (κ3) is 8.94. The smallest absolute Gasteiger partial charge is 0.303 e. The Morgan fingerprint density at radius 1 is 0.853 bits per heavy atom. The number of carboxylic acid groups (broad SMARTS) is 1. The number of aliphatic carboxylic acids is 1. The van der Waals surface area contributed by atoms with E-state index in [2.05, 4.69) is 38.1 Å². The maximum atomic E-state index is 11.2. The van der Waals surface area contributed by atoms with E-state index in [1.165, 1.54) is 5.56 Å². The van der Waals surface area contributed by atoms with Gasteiger partial charge in [0, 0.05) is 6.42 Å². The first-order chi connectivity index (χ1) is 16.3. The highest BCUT2D eigenvalue weighted by Crippen LogP contribution is 2.36. The zero-order valence-corrected chi connectivity index (χ0v) is 20.6. The second kappa shape index (κ2) is 13.9. The molecule has 2 rings (SSSR count). The molecule has 0 saturated heterocycles. The van der Waals surface area contributed by atoms with Gasteiger partial charge in [-0.15, -0.1) is 0 Å². The highest BCUT2D eigenvalue weighted by atomic mass is 16.5. The van der Waals surface area contributed by atoms with E-state index in [1.54, 1.807) is 0 Å². The van der Waals surface area contributed by atoms with Gasteiger partial charge in [-0.05, 0) is 60.5 Å². The van der Waals surface area contributed by atoms with Crippen molar-refractivity contribution >= 4 is 12.4 Å². The maximum Gasteiger partial charge on any atom is 0.303 e. The topological polar surface area (TPSA) is 83.8 Å². The Morgan fingerprint density at radius 3 is 1.76 bits per heavy atom. The summed E-state index contributed by atoms with van der Waals surface area (Å²) in [6, 6.07) is 20.4. The lowest BCUT2D eigenvalue weighted by Crippen LogP contribution is -2.25. The molecule has 0 radical (unpaired) electrons. The number of aliphatic hydroxyl groups excluding tert-OH is 1. The molecule has 0 bridgehead atoms. The molecule has 34 heavy (non-hydrogen) atoms. The lowest BCUT2D eigenvalue weighted by atomic mass is 9.74. The highest BCUT2D eigenvalue weighted by molar-refractivity contribution is 5.66. The number of aliphatic hydroxyl groups is 1. The van der Waals surface area contributed by atoms with Crippen LogP contribution in [0.2, 0.25) is 0 Å². The van der Waals surface area contributed by atoms with Crippen LogP contribution in [0.1, 0.15) is 82.8 Å². The molecule has 2 aromatic carbocycles. The molecule has 0 fully saturated rings. The molecule has 2 N–H and O–H groups in total. The SMILES string of the molecule is CC(CCCC(O)CCCC(C)(CCC(=O)O)c1ccccc1)(CCOC=O)c1ccccc1. The fourth-order valence-corrected chi connectivity index (χ4v) is 4.82. The summed E-state index contributed by atoms with van der Waals surface area (Å²) in [5.41, 5.74) is 2.04. The standard InChI is InChI=1S/C29H40O5/c1-28(20-17-27(32)33,24-11-5-3-6-12-24)18-9-15-26(31)16-10-19-29(2,21-22-34-23-30)25-13-7-4-8-14-25/h3-8,11-14,23,26,31H,9-10,15-22H2,1-2H3,(H,32,33). The average molecular weight is 469 g/mol. The Balaban J connectivity index is 1.87. The summed E-state index contributed by atoms with van der Waals surface area (Å²) >= 11 is 0. The van der Waals surface area contributed by atoms with Crippen LogP contribution in [0.4, 0.5) is 0 Å². The molecular weight excluding hydrogens is 428 g/mol. The van der Waals surface area contributed by atoms with Crippen molar-refractivity contribution in [3.8, 4) is 0 Å². The van der Waals surface area contributed by atoms with Crippen LogP contribution in [0, 0.1) is 0 Å². The molecule has 186 valence electrons. The van der Waals surface area contributed by atoms with E-state index in [0.29, 0.717) is 32.3 Å². The van der Waals surface area contributed by atoms with Gasteiger partial charge < -0.3 is 14.9 Å². The molecular formula is C29H40O5. The summed E-state index contributed by atoms with van der Waals surface area (Å²) < 4.78 is 4.97. The van der Waals surface area contributed by atoms with Gasteiger partial charge in [0.2, 0.25) is 0 Å². The largest absolute Gasteiger partial charge is 0.481 e. The molecule has 5 nitrogen and oxygen atoms in total. The van der Waals surface area contributed by atoms with Crippen LogP contribution in [0.3, 0.4) is 0 Å². The van der Waals surface area contributed by atoms with Gasteiger partial charge in [-0.2, -0.15) is 0 Å². The van der Waals surface area contributed by atoms with Crippen LogP contribution in [0.5, 0.6) is 0 Å². The first-order valence-electron chi connectivity index (χ1n) is 12.4.